The Kier molecular flexibility index (Phi) is 8.64. The highest BCUT2D eigenvalue weighted by molar-refractivity contribution is 5.77. The summed E-state index contributed by atoms with van der Waals surface area (Å²) in [5.41, 5.74) is 1.73. The van der Waals surface area contributed by atoms with E-state index in [-0.39, 0.29) is 11.8 Å². The van der Waals surface area contributed by atoms with Crippen molar-refractivity contribution in [3.63, 3.8) is 0 Å². The van der Waals surface area contributed by atoms with Crippen LogP contribution in [0.5, 0.6) is 0 Å². The van der Waals surface area contributed by atoms with Crippen molar-refractivity contribution in [2.24, 2.45) is 5.92 Å². The van der Waals surface area contributed by atoms with Crippen molar-refractivity contribution in [2.45, 2.75) is 58.8 Å². The van der Waals surface area contributed by atoms with E-state index in [1.54, 1.807) is 5.48 Å². The second-order valence-corrected chi connectivity index (χ2v) is 3.78. The first-order chi connectivity index (χ1) is 6.76. The average molecular weight is 201 g/mol. The molecule has 1 unspecified atom stereocenters. The summed E-state index contributed by atoms with van der Waals surface area (Å²) in [5.74, 6) is -0.246. The first kappa shape index (κ1) is 13.4. The molecule has 0 aliphatic rings. The number of amides is 1. The van der Waals surface area contributed by atoms with E-state index >= 15 is 0 Å². The molecule has 0 bridgehead atoms. The van der Waals surface area contributed by atoms with Crippen molar-refractivity contribution >= 4 is 5.91 Å². The number of nitrogens with one attached hydrogen (secondary N) is 1. The van der Waals surface area contributed by atoms with E-state index in [9.17, 15) is 4.79 Å². The van der Waals surface area contributed by atoms with Gasteiger partial charge in [-0.15, -0.1) is 0 Å². The average Bonchev–Trinajstić information content (AvgIpc) is 2.22. The van der Waals surface area contributed by atoms with Crippen LogP contribution in [0.15, 0.2) is 0 Å². The molecule has 0 spiro atoms. The van der Waals surface area contributed by atoms with E-state index in [4.69, 9.17) is 5.21 Å². The quantitative estimate of drug-likeness (QED) is 0.360. The Morgan fingerprint density at radius 2 is 1.86 bits per heavy atom. The molecule has 0 radical (unpaired) electrons. The van der Waals surface area contributed by atoms with Crippen LogP contribution in [-0.4, -0.2) is 11.1 Å². The first-order valence-electron chi connectivity index (χ1n) is 5.70. The third kappa shape index (κ3) is 5.97. The Labute approximate surface area is 86.8 Å². The Balaban J connectivity index is 3.48. The number of carbonyl (C=O) groups is 1. The second kappa shape index (κ2) is 9.00. The third-order valence-electron chi connectivity index (χ3n) is 2.63. The lowest BCUT2D eigenvalue weighted by Gasteiger charge is -2.11. The monoisotopic (exact) mass is 201 g/mol. The van der Waals surface area contributed by atoms with Crippen molar-refractivity contribution in [3.05, 3.63) is 0 Å². The molecule has 0 heterocycles. The lowest BCUT2D eigenvalue weighted by Crippen LogP contribution is -2.27. The Morgan fingerprint density at radius 3 is 2.36 bits per heavy atom. The van der Waals surface area contributed by atoms with Crippen LogP contribution in [0.4, 0.5) is 0 Å². The molecular formula is C11H23NO2. The largest absolute Gasteiger partial charge is 0.289 e. The molecule has 0 aliphatic heterocycles. The fraction of sp³-hybridized carbons (Fsp3) is 0.909. The zero-order valence-corrected chi connectivity index (χ0v) is 9.38. The maximum Gasteiger partial charge on any atom is 0.246 e. The summed E-state index contributed by atoms with van der Waals surface area (Å²) in [5, 5.41) is 8.48. The van der Waals surface area contributed by atoms with E-state index in [2.05, 4.69) is 6.92 Å². The molecule has 14 heavy (non-hydrogen) atoms. The number of hydroxylamine groups is 1. The summed E-state index contributed by atoms with van der Waals surface area (Å²) < 4.78 is 0. The van der Waals surface area contributed by atoms with Crippen LogP contribution in [0.3, 0.4) is 0 Å². The van der Waals surface area contributed by atoms with E-state index in [1.807, 2.05) is 6.92 Å². The zero-order chi connectivity index (χ0) is 10.8. The van der Waals surface area contributed by atoms with Crippen molar-refractivity contribution < 1.29 is 10.0 Å². The number of rotatable bonds is 8. The minimum absolute atomic E-state index is 0.0124. The molecule has 1 amide bonds. The van der Waals surface area contributed by atoms with Gasteiger partial charge in [-0.3, -0.25) is 10.0 Å². The molecule has 0 saturated heterocycles. The SMILES string of the molecule is CCCCCCCC(CC)C(=O)NO. The minimum atomic E-state index is -0.233. The van der Waals surface area contributed by atoms with Gasteiger partial charge in [0.05, 0.1) is 0 Å². The van der Waals surface area contributed by atoms with Crippen LogP contribution in [0, 0.1) is 5.92 Å². The molecular weight excluding hydrogens is 178 g/mol. The van der Waals surface area contributed by atoms with Gasteiger partial charge in [0.2, 0.25) is 5.91 Å². The predicted molar refractivity (Wildman–Crippen MR) is 57.1 cm³/mol. The standard InChI is InChI=1S/C11H23NO2/c1-3-5-6-7-8-9-10(4-2)11(13)12-14/h10,14H,3-9H2,1-2H3,(H,12,13). The lowest BCUT2D eigenvalue weighted by atomic mass is 9.97. The van der Waals surface area contributed by atoms with E-state index in [0.717, 1.165) is 19.3 Å². The highest BCUT2D eigenvalue weighted by Crippen LogP contribution is 2.14. The summed E-state index contributed by atoms with van der Waals surface area (Å²) >= 11 is 0. The molecule has 3 heteroatoms. The maximum atomic E-state index is 11.1. The smallest absolute Gasteiger partial charge is 0.246 e. The highest BCUT2D eigenvalue weighted by atomic mass is 16.5. The first-order valence-corrected chi connectivity index (χ1v) is 5.70. The van der Waals surface area contributed by atoms with Crippen LogP contribution < -0.4 is 5.48 Å². The van der Waals surface area contributed by atoms with Crippen molar-refractivity contribution in [1.82, 2.24) is 5.48 Å². The van der Waals surface area contributed by atoms with Gasteiger partial charge in [0.15, 0.2) is 0 Å². The summed E-state index contributed by atoms with van der Waals surface area (Å²) in [6.07, 6.45) is 7.77. The molecule has 0 aromatic rings. The molecule has 0 aromatic heterocycles. The van der Waals surface area contributed by atoms with Crippen LogP contribution in [0.2, 0.25) is 0 Å². The number of hydrogen-bond acceptors (Lipinski definition) is 2. The second-order valence-electron chi connectivity index (χ2n) is 3.78. The molecule has 0 saturated carbocycles. The van der Waals surface area contributed by atoms with Crippen LogP contribution in [0.25, 0.3) is 0 Å². The Hall–Kier alpha value is -0.570. The van der Waals surface area contributed by atoms with E-state index < -0.39 is 0 Å². The molecule has 0 aliphatic carbocycles. The number of unbranched alkanes of at least 4 members (excludes halogenated alkanes) is 4. The van der Waals surface area contributed by atoms with Crippen LogP contribution >= 0.6 is 0 Å². The summed E-state index contributed by atoms with van der Waals surface area (Å²) in [7, 11) is 0. The van der Waals surface area contributed by atoms with Gasteiger partial charge < -0.3 is 0 Å². The molecule has 2 N–H and O–H groups in total. The van der Waals surface area contributed by atoms with Crippen molar-refractivity contribution in [3.8, 4) is 0 Å². The van der Waals surface area contributed by atoms with Gasteiger partial charge in [-0.1, -0.05) is 46.0 Å². The molecule has 3 nitrogen and oxygen atoms in total. The van der Waals surface area contributed by atoms with Gasteiger partial charge in [-0.25, -0.2) is 5.48 Å². The maximum absolute atomic E-state index is 11.1. The zero-order valence-electron chi connectivity index (χ0n) is 9.38. The van der Waals surface area contributed by atoms with E-state index in [1.165, 1.54) is 25.7 Å². The molecule has 84 valence electrons. The number of hydrogen-bond donors (Lipinski definition) is 2. The fourth-order valence-corrected chi connectivity index (χ4v) is 1.61. The fourth-order valence-electron chi connectivity index (χ4n) is 1.61. The summed E-state index contributed by atoms with van der Waals surface area (Å²) in [4.78, 5) is 11.1. The molecule has 0 aromatic carbocycles. The molecule has 0 fully saturated rings. The lowest BCUT2D eigenvalue weighted by molar-refractivity contribution is -0.133. The third-order valence-corrected chi connectivity index (χ3v) is 2.63. The Bertz CT molecular complexity index is 148. The highest BCUT2D eigenvalue weighted by Gasteiger charge is 2.14. The molecule has 1 atom stereocenters. The minimum Gasteiger partial charge on any atom is -0.289 e. The van der Waals surface area contributed by atoms with Crippen LogP contribution in [0.1, 0.15) is 58.8 Å². The summed E-state index contributed by atoms with van der Waals surface area (Å²) in [6, 6.07) is 0. The van der Waals surface area contributed by atoms with Gasteiger partial charge in [-0.05, 0) is 12.8 Å². The van der Waals surface area contributed by atoms with Gasteiger partial charge >= 0.3 is 0 Å². The number of carbonyl (C=O) groups excluding carboxylic acids is 1. The summed E-state index contributed by atoms with van der Waals surface area (Å²) in [6.45, 7) is 4.17. The van der Waals surface area contributed by atoms with Gasteiger partial charge in [0, 0.05) is 5.92 Å². The predicted octanol–water partition coefficient (Wildman–Crippen LogP) is 2.88. The van der Waals surface area contributed by atoms with Crippen molar-refractivity contribution in [1.29, 1.82) is 0 Å². The topological polar surface area (TPSA) is 49.3 Å². The van der Waals surface area contributed by atoms with Crippen molar-refractivity contribution in [2.75, 3.05) is 0 Å². The Morgan fingerprint density at radius 1 is 1.21 bits per heavy atom. The molecule has 0 rings (SSSR count). The van der Waals surface area contributed by atoms with E-state index in [0.29, 0.717) is 0 Å². The normalized spacial score (nSPS) is 12.5. The van der Waals surface area contributed by atoms with Crippen LogP contribution in [-0.2, 0) is 4.79 Å². The van der Waals surface area contributed by atoms with Gasteiger partial charge in [0.25, 0.3) is 0 Å². The van der Waals surface area contributed by atoms with Gasteiger partial charge in [0.1, 0.15) is 0 Å². The van der Waals surface area contributed by atoms with Gasteiger partial charge in [-0.2, -0.15) is 0 Å².